The molecule has 0 unspecified atom stereocenters. The van der Waals surface area contributed by atoms with Crippen LogP contribution in [-0.4, -0.2) is 176 Å². The second-order valence-electron chi connectivity index (χ2n) is 27.5. The fraction of sp³-hybridized carbons (Fsp3) is 0.342. The molecule has 0 aliphatic carbocycles. The molecule has 29 heteroatoms. The third-order valence-corrected chi connectivity index (χ3v) is 17.1. The van der Waals surface area contributed by atoms with Crippen LogP contribution in [0.1, 0.15) is 75.3 Å². The molecule has 3 saturated heterocycles. The van der Waals surface area contributed by atoms with Gasteiger partial charge in [-0.1, -0.05) is 54.6 Å². The van der Waals surface area contributed by atoms with Crippen LogP contribution < -0.4 is 37.3 Å². The van der Waals surface area contributed by atoms with E-state index in [2.05, 4.69) is 69.9 Å². The number of benzene rings is 3. The maximum Gasteiger partial charge on any atom is 0.421 e. The van der Waals surface area contributed by atoms with E-state index < -0.39 is 28.5 Å². The van der Waals surface area contributed by atoms with Crippen LogP contribution in [0.15, 0.2) is 174 Å². The molecule has 9 aromatic heterocycles. The highest BCUT2D eigenvalue weighted by Gasteiger charge is 2.29. The highest BCUT2D eigenvalue weighted by molar-refractivity contribution is 5.72. The van der Waals surface area contributed by atoms with Crippen molar-refractivity contribution < 1.29 is 37.4 Å². The molecule has 3 aliphatic rings. The highest BCUT2D eigenvalue weighted by Crippen LogP contribution is 2.26. The van der Waals surface area contributed by atoms with Gasteiger partial charge in [-0.25, -0.2) is 68.8 Å². The number of hydrogen-bond acceptors (Lipinski definition) is 24. The SMILES string of the molecule is CC(C)(C)OC(=O)N1CCN(c2cnc(-c3cccc(CO)c3)nc2)CC1.Cc1ccc2oc(=O)[nH]c2n1.Cc1ccc2oc(=O)n(Cc3cccc(-c4ncc(N5CCN(C(=O)OC(C)(C)C)CC5)cn4)c3)c2n1.Cc1ccc2oc(=O)n(Cc3cccc(-c4ncc(N5CCNCC5)cn4)c3)c2n1. The van der Waals surface area contributed by atoms with Crippen molar-refractivity contribution in [1.29, 1.82) is 0 Å². The predicted molar refractivity (Wildman–Crippen MR) is 397 cm³/mol. The molecule has 0 spiro atoms. The number of fused-ring (bicyclic) bond motifs is 3. The number of aromatic nitrogens is 12. The zero-order valence-electron chi connectivity index (χ0n) is 60.1. The van der Waals surface area contributed by atoms with Crippen LogP contribution in [0.25, 0.3) is 67.9 Å². The molecule has 3 N–H and O–H groups in total. The lowest BCUT2D eigenvalue weighted by atomic mass is 10.1. The molecule has 105 heavy (non-hydrogen) atoms. The molecular formula is C76H84N18O11. The average molecular weight is 1430 g/mol. The van der Waals surface area contributed by atoms with Crippen LogP contribution >= 0.6 is 0 Å². The smallest absolute Gasteiger partial charge is 0.421 e. The van der Waals surface area contributed by atoms with E-state index in [1.165, 1.54) is 4.57 Å². The van der Waals surface area contributed by atoms with Crippen LogP contribution in [0, 0.1) is 20.8 Å². The lowest BCUT2D eigenvalue weighted by Gasteiger charge is -2.36. The lowest BCUT2D eigenvalue weighted by Crippen LogP contribution is -2.50. The van der Waals surface area contributed by atoms with Gasteiger partial charge < -0.3 is 57.6 Å². The Bertz CT molecular complexity index is 5170. The number of carbonyl (C=O) groups is 2. The van der Waals surface area contributed by atoms with E-state index in [9.17, 15) is 29.1 Å². The van der Waals surface area contributed by atoms with Crippen LogP contribution in [-0.2, 0) is 29.2 Å². The Morgan fingerprint density at radius 1 is 0.457 bits per heavy atom. The number of aryl methyl sites for hydroxylation is 3. The van der Waals surface area contributed by atoms with Gasteiger partial charge in [0.25, 0.3) is 0 Å². The average Bonchev–Trinajstić information content (AvgIpc) is 1.69. The summed E-state index contributed by atoms with van der Waals surface area (Å²) in [5.41, 5.74) is 12.8. The molecule has 3 fully saturated rings. The van der Waals surface area contributed by atoms with Gasteiger partial charge in [-0.3, -0.25) is 14.1 Å². The minimum absolute atomic E-state index is 0.00610. The number of nitrogens with zero attached hydrogens (tertiary/aromatic N) is 16. The second-order valence-corrected chi connectivity index (χ2v) is 27.5. The number of anilines is 3. The molecular weight excluding hydrogens is 1340 g/mol. The van der Waals surface area contributed by atoms with E-state index in [1.54, 1.807) is 63.4 Å². The first-order chi connectivity index (χ1) is 50.4. The van der Waals surface area contributed by atoms with Gasteiger partial charge in [0.15, 0.2) is 51.2 Å². The summed E-state index contributed by atoms with van der Waals surface area (Å²) >= 11 is 0. The summed E-state index contributed by atoms with van der Waals surface area (Å²) in [5.74, 6) is 0.570. The largest absolute Gasteiger partial charge is 0.444 e. The summed E-state index contributed by atoms with van der Waals surface area (Å²) in [4.78, 5) is 113. The van der Waals surface area contributed by atoms with Crippen LogP contribution in [0.5, 0.6) is 0 Å². The minimum Gasteiger partial charge on any atom is -0.444 e. The Labute approximate surface area is 604 Å². The summed E-state index contributed by atoms with van der Waals surface area (Å²) in [6.45, 7) is 26.5. The molecule has 544 valence electrons. The number of aliphatic hydroxyl groups excluding tert-OH is 1. The quantitative estimate of drug-likeness (QED) is 0.108. The molecule has 0 atom stereocenters. The molecule has 29 nitrogen and oxygen atoms in total. The number of ether oxygens (including phenoxy) is 2. The van der Waals surface area contributed by atoms with Gasteiger partial charge in [0.1, 0.15) is 11.2 Å². The zero-order chi connectivity index (χ0) is 73.9. The minimum atomic E-state index is -0.507. The third kappa shape index (κ3) is 18.8. The number of rotatable bonds is 11. The topological polar surface area (TPSA) is 333 Å². The fourth-order valence-corrected chi connectivity index (χ4v) is 11.9. The van der Waals surface area contributed by atoms with E-state index >= 15 is 0 Å². The van der Waals surface area contributed by atoms with E-state index in [0.717, 1.165) is 93.7 Å². The Morgan fingerprint density at radius 2 is 0.819 bits per heavy atom. The van der Waals surface area contributed by atoms with Crippen molar-refractivity contribution in [1.82, 2.24) is 74.1 Å². The van der Waals surface area contributed by atoms with Gasteiger partial charge in [-0.15, -0.1) is 0 Å². The molecule has 2 amide bonds. The molecule has 0 radical (unpaired) electrons. The van der Waals surface area contributed by atoms with Crippen molar-refractivity contribution in [3.05, 3.63) is 212 Å². The predicted octanol–water partition coefficient (Wildman–Crippen LogP) is 9.59. The monoisotopic (exact) mass is 1420 g/mol. The third-order valence-electron chi connectivity index (χ3n) is 17.1. The molecule has 0 saturated carbocycles. The molecule has 15 rings (SSSR count). The first-order valence-electron chi connectivity index (χ1n) is 34.6. The van der Waals surface area contributed by atoms with Crippen LogP contribution in [0.4, 0.5) is 26.7 Å². The first-order valence-corrected chi connectivity index (χ1v) is 34.6. The Balaban J connectivity index is 0.000000139. The summed E-state index contributed by atoms with van der Waals surface area (Å²) in [5, 5.41) is 12.6. The number of hydrogen-bond donors (Lipinski definition) is 3. The summed E-state index contributed by atoms with van der Waals surface area (Å²) in [7, 11) is 0. The number of nitrogens with one attached hydrogen (secondary N) is 2. The molecule has 3 aliphatic heterocycles. The van der Waals surface area contributed by atoms with Gasteiger partial charge in [-0.05, 0) is 134 Å². The van der Waals surface area contributed by atoms with E-state index in [1.807, 2.05) is 160 Å². The Morgan fingerprint density at radius 3 is 1.21 bits per heavy atom. The standard InChI is InChI=1S/C27H30N6O4.C22H22N6O2.C20H26N4O3.C7H6N2O2/c1-18-8-9-22-24(30-18)33(26(35)36-22)17-19-6-5-7-20(14-19)23-28-15-21(16-29-23)31-10-12-32(13-11-31)25(34)37-27(2,3)4;1-15-5-6-19-21(26-15)28(22(29)30-19)14-16-3-2-4-17(11-16)20-24-12-18(13-25-20)27-9-7-23-8-10-27;1-20(2,3)27-19(26)24-9-7-23(8-10-24)17-12-21-18(22-13-17)16-6-4-5-15(11-16)14-25;1-4-2-3-5-6(8-4)9-7(10)11-5/h5-9,14-16H,10-13,17H2,1-4H3;2-6,11-13,23H,7-10,14H2,1H3;4-6,11-13,25H,7-10,14H2,1-3H3;2-3H,1H3,(H,8,9,10). The number of piperazine rings is 3. The fourth-order valence-electron chi connectivity index (χ4n) is 11.9. The summed E-state index contributed by atoms with van der Waals surface area (Å²) in [6.07, 6.45) is 10.4. The van der Waals surface area contributed by atoms with Gasteiger partial charge >= 0.3 is 29.5 Å². The molecule has 3 aromatic carbocycles. The van der Waals surface area contributed by atoms with E-state index in [4.69, 9.17) is 22.7 Å². The Hall–Kier alpha value is -12.0. The number of amides is 2. The van der Waals surface area contributed by atoms with Crippen molar-refractivity contribution in [2.24, 2.45) is 0 Å². The van der Waals surface area contributed by atoms with Crippen LogP contribution in [0.2, 0.25) is 0 Å². The number of pyridine rings is 3. The van der Waals surface area contributed by atoms with Gasteiger partial charge in [0, 0.05) is 112 Å². The molecule has 12 aromatic rings. The van der Waals surface area contributed by atoms with Gasteiger partial charge in [-0.2, -0.15) is 0 Å². The zero-order valence-corrected chi connectivity index (χ0v) is 60.1. The number of carbonyl (C=O) groups excluding carboxylic acids is 2. The van der Waals surface area contributed by atoms with E-state index in [0.29, 0.717) is 117 Å². The summed E-state index contributed by atoms with van der Waals surface area (Å²) in [6, 6.07) is 33.9. The highest BCUT2D eigenvalue weighted by atomic mass is 16.6. The maximum absolute atomic E-state index is 12.4. The maximum atomic E-state index is 12.4. The van der Waals surface area contributed by atoms with Gasteiger partial charge in [0.05, 0.1) is 73.9 Å². The second kappa shape index (κ2) is 32.1. The molecule has 12 heterocycles. The van der Waals surface area contributed by atoms with Crippen molar-refractivity contribution in [2.75, 3.05) is 93.2 Å². The van der Waals surface area contributed by atoms with Crippen molar-refractivity contribution >= 4 is 62.9 Å². The summed E-state index contributed by atoms with van der Waals surface area (Å²) < 4.78 is 29.4. The van der Waals surface area contributed by atoms with Crippen molar-refractivity contribution in [3.8, 4) is 34.2 Å². The first kappa shape index (κ1) is 72.8. The number of H-pyrrole nitrogens is 1. The molecule has 0 bridgehead atoms. The van der Waals surface area contributed by atoms with Gasteiger partial charge in [0.2, 0.25) is 0 Å². The normalized spacial score (nSPS) is 14.1. The number of aliphatic hydroxyl groups is 1. The number of oxazole rings is 3. The number of aromatic amines is 1. The lowest BCUT2D eigenvalue weighted by molar-refractivity contribution is 0.0230. The van der Waals surface area contributed by atoms with Crippen molar-refractivity contribution in [2.45, 2.75) is 93.2 Å². The van der Waals surface area contributed by atoms with E-state index in [-0.39, 0.29) is 18.8 Å². The van der Waals surface area contributed by atoms with Crippen LogP contribution in [0.3, 0.4) is 0 Å². The Kier molecular flexibility index (Phi) is 22.3. The van der Waals surface area contributed by atoms with Crippen molar-refractivity contribution in [3.63, 3.8) is 0 Å².